The molecular formula is C34H36N4O5S. The van der Waals surface area contributed by atoms with Crippen LogP contribution in [-0.2, 0) is 26.2 Å². The number of thiophene rings is 1. The third-order valence-electron chi connectivity index (χ3n) is 7.71. The van der Waals surface area contributed by atoms with Crippen LogP contribution in [0.5, 0.6) is 5.75 Å². The zero-order valence-electron chi connectivity index (χ0n) is 25.2. The zero-order valence-corrected chi connectivity index (χ0v) is 26.1. The van der Waals surface area contributed by atoms with Crippen LogP contribution >= 0.6 is 11.3 Å². The average Bonchev–Trinajstić information content (AvgIpc) is 3.72. The van der Waals surface area contributed by atoms with Crippen molar-refractivity contribution >= 4 is 29.1 Å². The summed E-state index contributed by atoms with van der Waals surface area (Å²) >= 11 is 1.42. The third-order valence-corrected chi connectivity index (χ3v) is 9.22. The number of carbonyl (C=O) groups is 3. The molecule has 2 N–H and O–H groups in total. The van der Waals surface area contributed by atoms with Crippen LogP contribution in [0.4, 0.5) is 0 Å². The van der Waals surface area contributed by atoms with E-state index in [4.69, 9.17) is 4.74 Å². The van der Waals surface area contributed by atoms with Crippen LogP contribution in [0.25, 0.3) is 22.5 Å². The number of ether oxygens (including phenoxy) is 1. The van der Waals surface area contributed by atoms with Gasteiger partial charge in [0.2, 0.25) is 5.91 Å². The minimum absolute atomic E-state index is 0.0891. The Morgan fingerprint density at radius 3 is 2.25 bits per heavy atom. The van der Waals surface area contributed by atoms with Gasteiger partial charge in [0.05, 0.1) is 17.9 Å². The van der Waals surface area contributed by atoms with Crippen molar-refractivity contribution in [2.75, 3.05) is 20.2 Å². The maximum Gasteiger partial charge on any atom is 0.310 e. The molecule has 2 unspecified atom stereocenters. The first-order valence-corrected chi connectivity index (χ1v) is 15.3. The summed E-state index contributed by atoms with van der Waals surface area (Å²) in [5, 5.41) is 12.5. The van der Waals surface area contributed by atoms with E-state index in [9.17, 15) is 19.5 Å². The highest BCUT2D eigenvalue weighted by molar-refractivity contribution is 7.14. The number of esters is 1. The average molecular weight is 613 g/mol. The molecule has 44 heavy (non-hydrogen) atoms. The molecule has 2 aromatic heterocycles. The van der Waals surface area contributed by atoms with Gasteiger partial charge < -0.3 is 20.1 Å². The lowest BCUT2D eigenvalue weighted by atomic mass is 9.95. The molecule has 1 aliphatic heterocycles. The smallest absolute Gasteiger partial charge is 0.310 e. The number of likely N-dealkylation sites (tertiary alicyclic amines) is 1. The molecule has 0 radical (unpaired) electrons. The number of nitrogens with one attached hydrogen (secondary N) is 1. The van der Waals surface area contributed by atoms with Gasteiger partial charge in [-0.25, -0.2) is 9.97 Å². The molecule has 9 nitrogen and oxygen atoms in total. The summed E-state index contributed by atoms with van der Waals surface area (Å²) < 4.78 is 4.89. The summed E-state index contributed by atoms with van der Waals surface area (Å²) in [7, 11) is 1.35. The van der Waals surface area contributed by atoms with Crippen LogP contribution in [0.2, 0.25) is 0 Å². The summed E-state index contributed by atoms with van der Waals surface area (Å²) in [5.41, 5.74) is 3.31. The van der Waals surface area contributed by atoms with E-state index >= 15 is 0 Å². The van der Waals surface area contributed by atoms with Crippen LogP contribution < -0.4 is 5.32 Å². The topological polar surface area (TPSA) is 122 Å². The highest BCUT2D eigenvalue weighted by Gasteiger charge is 2.35. The van der Waals surface area contributed by atoms with Crippen molar-refractivity contribution in [3.05, 3.63) is 88.4 Å². The van der Waals surface area contributed by atoms with Gasteiger partial charge in [0.1, 0.15) is 11.8 Å². The van der Waals surface area contributed by atoms with Crippen LogP contribution in [0.1, 0.15) is 47.3 Å². The number of carbonyl (C=O) groups excluding carboxylic acids is 3. The van der Waals surface area contributed by atoms with E-state index in [1.807, 2.05) is 30.3 Å². The minimum atomic E-state index is -0.814. The zero-order chi connectivity index (χ0) is 31.4. The lowest BCUT2D eigenvalue weighted by Gasteiger charge is -2.24. The summed E-state index contributed by atoms with van der Waals surface area (Å²) in [6.45, 7) is 6.97. The van der Waals surface area contributed by atoms with Gasteiger partial charge in [-0.3, -0.25) is 14.4 Å². The number of rotatable bonds is 8. The molecule has 0 bridgehead atoms. The number of phenols is 1. The van der Waals surface area contributed by atoms with Gasteiger partial charge in [0.25, 0.3) is 5.91 Å². The van der Waals surface area contributed by atoms with Crippen LogP contribution in [0, 0.1) is 5.92 Å². The second kappa shape index (κ2) is 13.0. The molecular weight excluding hydrogens is 576 g/mol. The molecule has 5 rings (SSSR count). The van der Waals surface area contributed by atoms with Crippen molar-refractivity contribution < 1.29 is 24.2 Å². The molecule has 1 saturated heterocycles. The molecule has 4 aromatic rings. The molecule has 0 spiro atoms. The van der Waals surface area contributed by atoms with E-state index in [1.165, 1.54) is 18.4 Å². The van der Waals surface area contributed by atoms with E-state index in [0.29, 0.717) is 23.7 Å². The fourth-order valence-electron chi connectivity index (χ4n) is 5.14. The molecule has 2 atom stereocenters. The van der Waals surface area contributed by atoms with Crippen molar-refractivity contribution in [1.29, 1.82) is 0 Å². The van der Waals surface area contributed by atoms with Gasteiger partial charge in [-0.1, -0.05) is 57.2 Å². The number of hydrogen-bond donors (Lipinski definition) is 2. The van der Waals surface area contributed by atoms with E-state index in [-0.39, 0.29) is 47.8 Å². The largest absolute Gasteiger partial charge is 0.508 e. The van der Waals surface area contributed by atoms with E-state index in [1.54, 1.807) is 47.6 Å². The van der Waals surface area contributed by atoms with E-state index in [2.05, 4.69) is 36.1 Å². The summed E-state index contributed by atoms with van der Waals surface area (Å²) in [4.78, 5) is 51.4. The fraction of sp³-hybridized carbons (Fsp3) is 0.324. The molecule has 2 amide bonds. The summed E-state index contributed by atoms with van der Waals surface area (Å²) in [6.07, 6.45) is 4.28. The number of aromatic nitrogens is 2. The monoisotopic (exact) mass is 612 g/mol. The Morgan fingerprint density at radius 1 is 0.977 bits per heavy atom. The predicted molar refractivity (Wildman–Crippen MR) is 169 cm³/mol. The highest BCUT2D eigenvalue weighted by Crippen LogP contribution is 2.30. The molecule has 228 valence electrons. The second-order valence-corrected chi connectivity index (χ2v) is 13.1. The molecule has 0 saturated carbocycles. The second-order valence-electron chi connectivity index (χ2n) is 12.0. The van der Waals surface area contributed by atoms with E-state index in [0.717, 1.165) is 27.1 Å². The maximum absolute atomic E-state index is 13.7. The number of nitrogens with zero attached hydrogens (tertiary/aromatic N) is 3. The SMILES string of the molecule is COC(=O)C1CCN(C(=O)C(Cc2ccc(-c3ncc(-c4ccc(O)cc4)cn3)cc2)NC(=O)c2ccc(C(C)(C)C)s2)C1. The minimum Gasteiger partial charge on any atom is -0.508 e. The van der Waals surface area contributed by atoms with Gasteiger partial charge in [0, 0.05) is 47.9 Å². The first kappa shape index (κ1) is 30.9. The molecule has 2 aromatic carbocycles. The Kier molecular flexibility index (Phi) is 9.10. The quantitative estimate of drug-likeness (QED) is 0.261. The number of phenolic OH excluding ortho intramolecular Hbond substituents is 1. The Bertz CT molecular complexity index is 1630. The van der Waals surface area contributed by atoms with Crippen molar-refractivity contribution in [2.45, 2.75) is 45.1 Å². The van der Waals surface area contributed by atoms with Crippen LogP contribution in [0.15, 0.2) is 73.1 Å². The van der Waals surface area contributed by atoms with Gasteiger partial charge in [-0.05, 0) is 47.2 Å². The van der Waals surface area contributed by atoms with Crippen molar-refractivity contribution in [1.82, 2.24) is 20.2 Å². The van der Waals surface area contributed by atoms with Crippen LogP contribution in [-0.4, -0.2) is 64.0 Å². The van der Waals surface area contributed by atoms with Crippen molar-refractivity contribution in [3.8, 4) is 28.3 Å². The fourth-order valence-corrected chi connectivity index (χ4v) is 6.10. The van der Waals surface area contributed by atoms with Gasteiger partial charge in [-0.15, -0.1) is 11.3 Å². The lowest BCUT2D eigenvalue weighted by Crippen LogP contribution is -2.49. The molecule has 10 heteroatoms. The van der Waals surface area contributed by atoms with E-state index < -0.39 is 6.04 Å². The lowest BCUT2D eigenvalue weighted by molar-refractivity contribution is -0.145. The predicted octanol–water partition coefficient (Wildman–Crippen LogP) is 5.24. The highest BCUT2D eigenvalue weighted by atomic mass is 32.1. The maximum atomic E-state index is 13.7. The molecule has 3 heterocycles. The Balaban J connectivity index is 1.32. The molecule has 1 fully saturated rings. The number of amides is 2. The van der Waals surface area contributed by atoms with Crippen molar-refractivity contribution in [2.24, 2.45) is 5.92 Å². The first-order valence-electron chi connectivity index (χ1n) is 14.5. The number of aromatic hydroxyl groups is 1. The Hall–Kier alpha value is -4.57. The first-order chi connectivity index (χ1) is 21.0. The summed E-state index contributed by atoms with van der Waals surface area (Å²) in [5.74, 6) is -0.476. The van der Waals surface area contributed by atoms with Gasteiger partial charge in [-0.2, -0.15) is 0 Å². The normalized spacial score (nSPS) is 15.5. The van der Waals surface area contributed by atoms with Gasteiger partial charge >= 0.3 is 5.97 Å². The Morgan fingerprint density at radius 2 is 1.64 bits per heavy atom. The Labute approximate surface area is 260 Å². The van der Waals surface area contributed by atoms with Crippen LogP contribution in [0.3, 0.4) is 0 Å². The summed E-state index contributed by atoms with van der Waals surface area (Å²) in [6, 6.07) is 17.4. The standard InChI is InChI=1S/C34H36N4O5S/c1-34(2,3)29-14-13-28(44-29)31(40)37-27(32(41)38-16-15-24(20-38)33(42)43-4)17-21-5-7-23(8-6-21)30-35-18-25(19-36-30)22-9-11-26(39)12-10-22/h5-14,18-19,24,27,39H,15-17,20H2,1-4H3,(H,37,40). The number of hydrogen-bond acceptors (Lipinski definition) is 8. The van der Waals surface area contributed by atoms with Gasteiger partial charge in [0.15, 0.2) is 5.82 Å². The number of benzene rings is 2. The molecule has 0 aliphatic carbocycles. The number of methoxy groups -OCH3 is 1. The van der Waals surface area contributed by atoms with Crippen molar-refractivity contribution in [3.63, 3.8) is 0 Å². The molecule has 1 aliphatic rings. The third kappa shape index (κ3) is 7.14.